The number of nitrogens with two attached hydrogens (primary N) is 2. The molecule has 28 heavy (non-hydrogen) atoms. The van der Waals surface area contributed by atoms with Crippen molar-refractivity contribution in [1.29, 1.82) is 0 Å². The maximum Gasteiger partial charge on any atom is 0.0137 e. The number of allylic oxidation sites excluding steroid dienone is 5. The van der Waals surface area contributed by atoms with Crippen LogP contribution < -0.4 is 16.8 Å². The van der Waals surface area contributed by atoms with Crippen LogP contribution in [-0.2, 0) is 0 Å². The van der Waals surface area contributed by atoms with Crippen LogP contribution in [0.4, 0.5) is 0 Å². The van der Waals surface area contributed by atoms with Gasteiger partial charge in [0.25, 0.3) is 0 Å². The van der Waals surface area contributed by atoms with Crippen molar-refractivity contribution in [1.82, 2.24) is 10.2 Å². The van der Waals surface area contributed by atoms with E-state index in [0.717, 1.165) is 71.5 Å². The van der Waals surface area contributed by atoms with Gasteiger partial charge < -0.3 is 21.7 Å². The second-order valence-corrected chi connectivity index (χ2v) is 8.14. The third-order valence-electron chi connectivity index (χ3n) is 4.90. The zero-order valence-corrected chi connectivity index (χ0v) is 19.2. The summed E-state index contributed by atoms with van der Waals surface area (Å²) in [6.45, 7) is 15.7. The maximum absolute atomic E-state index is 5.64. The highest BCUT2D eigenvalue weighted by Gasteiger charge is 2.03. The van der Waals surface area contributed by atoms with Gasteiger partial charge in [-0.1, -0.05) is 34.9 Å². The fourth-order valence-corrected chi connectivity index (χ4v) is 3.08. The molecule has 4 heteroatoms. The van der Waals surface area contributed by atoms with Crippen molar-refractivity contribution in [3.05, 3.63) is 34.9 Å². The topological polar surface area (TPSA) is 67.3 Å². The SMILES string of the molecule is CC(C)=CCC/C(C)=C\CCC(C)=CCNCCCN(CCCN)CCCN. The Morgan fingerprint density at radius 2 is 1.29 bits per heavy atom. The third kappa shape index (κ3) is 18.4. The highest BCUT2D eigenvalue weighted by Crippen LogP contribution is 2.11. The van der Waals surface area contributed by atoms with Crippen molar-refractivity contribution in [2.75, 3.05) is 45.8 Å². The van der Waals surface area contributed by atoms with Crippen molar-refractivity contribution >= 4 is 0 Å². The molecular formula is C24H48N4. The molecule has 0 heterocycles. The summed E-state index contributed by atoms with van der Waals surface area (Å²) < 4.78 is 0. The van der Waals surface area contributed by atoms with Crippen LogP contribution in [0.3, 0.4) is 0 Å². The summed E-state index contributed by atoms with van der Waals surface area (Å²) in [7, 11) is 0. The molecule has 0 aliphatic rings. The molecule has 0 aromatic rings. The molecule has 0 radical (unpaired) electrons. The summed E-state index contributed by atoms with van der Waals surface area (Å²) >= 11 is 0. The lowest BCUT2D eigenvalue weighted by Gasteiger charge is -2.21. The molecule has 0 saturated carbocycles. The van der Waals surface area contributed by atoms with Gasteiger partial charge in [-0.25, -0.2) is 0 Å². The van der Waals surface area contributed by atoms with E-state index < -0.39 is 0 Å². The average molecular weight is 393 g/mol. The van der Waals surface area contributed by atoms with Gasteiger partial charge in [-0.2, -0.15) is 0 Å². The van der Waals surface area contributed by atoms with E-state index in [2.05, 4.69) is 56.1 Å². The van der Waals surface area contributed by atoms with Crippen molar-refractivity contribution in [2.24, 2.45) is 11.5 Å². The van der Waals surface area contributed by atoms with Gasteiger partial charge in [-0.05, 0) is 112 Å². The van der Waals surface area contributed by atoms with Crippen LogP contribution in [0.25, 0.3) is 0 Å². The minimum atomic E-state index is 0.769. The molecule has 0 saturated heterocycles. The van der Waals surface area contributed by atoms with Crippen LogP contribution in [-0.4, -0.2) is 50.7 Å². The van der Waals surface area contributed by atoms with Gasteiger partial charge in [-0.3, -0.25) is 0 Å². The number of nitrogens with one attached hydrogen (secondary N) is 1. The van der Waals surface area contributed by atoms with Gasteiger partial charge >= 0.3 is 0 Å². The van der Waals surface area contributed by atoms with Crippen LogP contribution in [0.1, 0.15) is 72.6 Å². The van der Waals surface area contributed by atoms with E-state index in [4.69, 9.17) is 11.5 Å². The Hall–Kier alpha value is -0.940. The van der Waals surface area contributed by atoms with Crippen LogP contribution >= 0.6 is 0 Å². The van der Waals surface area contributed by atoms with E-state index >= 15 is 0 Å². The van der Waals surface area contributed by atoms with Crippen molar-refractivity contribution in [3.8, 4) is 0 Å². The minimum absolute atomic E-state index is 0.769. The largest absolute Gasteiger partial charge is 0.330 e. The molecule has 0 aliphatic heterocycles. The fraction of sp³-hybridized carbons (Fsp3) is 0.750. The second-order valence-electron chi connectivity index (χ2n) is 8.14. The van der Waals surface area contributed by atoms with Gasteiger partial charge in [-0.15, -0.1) is 0 Å². The highest BCUT2D eigenvalue weighted by atomic mass is 15.1. The first-order valence-electron chi connectivity index (χ1n) is 11.3. The summed E-state index contributed by atoms with van der Waals surface area (Å²) in [5.74, 6) is 0. The van der Waals surface area contributed by atoms with Gasteiger partial charge in [0.15, 0.2) is 0 Å². The van der Waals surface area contributed by atoms with Crippen LogP contribution in [0.2, 0.25) is 0 Å². The molecule has 0 rings (SSSR count). The molecule has 0 fully saturated rings. The highest BCUT2D eigenvalue weighted by molar-refractivity contribution is 5.05. The zero-order valence-electron chi connectivity index (χ0n) is 19.2. The van der Waals surface area contributed by atoms with E-state index in [-0.39, 0.29) is 0 Å². The number of hydrogen-bond acceptors (Lipinski definition) is 4. The van der Waals surface area contributed by atoms with Gasteiger partial charge in [0.2, 0.25) is 0 Å². The minimum Gasteiger partial charge on any atom is -0.330 e. The smallest absolute Gasteiger partial charge is 0.0137 e. The monoisotopic (exact) mass is 392 g/mol. The molecular weight excluding hydrogens is 344 g/mol. The van der Waals surface area contributed by atoms with E-state index in [1.54, 1.807) is 0 Å². The molecule has 0 aromatic heterocycles. The fourth-order valence-electron chi connectivity index (χ4n) is 3.08. The Morgan fingerprint density at radius 1 is 0.750 bits per heavy atom. The molecule has 0 amide bonds. The number of nitrogens with zero attached hydrogens (tertiary/aromatic N) is 1. The quantitative estimate of drug-likeness (QED) is 0.239. The molecule has 0 atom stereocenters. The third-order valence-corrected chi connectivity index (χ3v) is 4.90. The van der Waals surface area contributed by atoms with Crippen molar-refractivity contribution < 1.29 is 0 Å². The van der Waals surface area contributed by atoms with Crippen molar-refractivity contribution in [3.63, 3.8) is 0 Å². The van der Waals surface area contributed by atoms with E-state index in [1.165, 1.54) is 36.0 Å². The van der Waals surface area contributed by atoms with E-state index in [0.29, 0.717) is 0 Å². The summed E-state index contributed by atoms with van der Waals surface area (Å²) in [6, 6.07) is 0. The molecule has 164 valence electrons. The van der Waals surface area contributed by atoms with Gasteiger partial charge in [0.05, 0.1) is 0 Å². The molecule has 5 N–H and O–H groups in total. The molecule has 0 unspecified atom stereocenters. The normalized spacial score (nSPS) is 12.7. The average Bonchev–Trinajstić information content (AvgIpc) is 2.65. The Balaban J connectivity index is 3.85. The van der Waals surface area contributed by atoms with Crippen molar-refractivity contribution in [2.45, 2.75) is 72.6 Å². The number of hydrogen-bond donors (Lipinski definition) is 3. The first-order valence-corrected chi connectivity index (χ1v) is 11.3. The molecule has 0 aliphatic carbocycles. The van der Waals surface area contributed by atoms with Crippen LogP contribution in [0, 0.1) is 0 Å². The molecule has 0 bridgehead atoms. The summed E-state index contributed by atoms with van der Waals surface area (Å²) in [5, 5.41) is 3.55. The molecule has 0 aromatic carbocycles. The first-order chi connectivity index (χ1) is 13.5. The predicted octanol–water partition coefficient (Wildman–Crippen LogP) is 4.38. The van der Waals surface area contributed by atoms with E-state index in [9.17, 15) is 0 Å². The summed E-state index contributed by atoms with van der Waals surface area (Å²) in [6.07, 6.45) is 15.1. The Labute approximate surface area is 175 Å². The Morgan fingerprint density at radius 3 is 1.86 bits per heavy atom. The zero-order chi connectivity index (χ0) is 21.0. The maximum atomic E-state index is 5.64. The number of rotatable bonds is 18. The Kier molecular flexibility index (Phi) is 18.7. The lowest BCUT2D eigenvalue weighted by molar-refractivity contribution is 0.266. The standard InChI is InChI=1S/C24H48N4/c1-22(2)10-5-11-23(3)12-6-13-24(4)14-18-27-17-9-21-28(19-7-15-25)20-8-16-26/h10,12,14,27H,5-9,11,13,15-21,25-26H2,1-4H3/b23-12-,24-14?. The summed E-state index contributed by atoms with van der Waals surface area (Å²) in [5.41, 5.74) is 15.7. The predicted molar refractivity (Wildman–Crippen MR) is 127 cm³/mol. The van der Waals surface area contributed by atoms with Crippen LogP contribution in [0.15, 0.2) is 34.9 Å². The molecule has 0 spiro atoms. The lowest BCUT2D eigenvalue weighted by atomic mass is 10.1. The second kappa shape index (κ2) is 19.4. The Bertz CT molecular complexity index is 440. The first kappa shape index (κ1) is 27.1. The van der Waals surface area contributed by atoms with Gasteiger partial charge in [0, 0.05) is 6.54 Å². The lowest BCUT2D eigenvalue weighted by Crippen LogP contribution is -2.31. The van der Waals surface area contributed by atoms with E-state index in [1.807, 2.05) is 0 Å². The molecule has 4 nitrogen and oxygen atoms in total. The van der Waals surface area contributed by atoms with Crippen LogP contribution in [0.5, 0.6) is 0 Å². The van der Waals surface area contributed by atoms with Gasteiger partial charge in [0.1, 0.15) is 0 Å². The summed E-state index contributed by atoms with van der Waals surface area (Å²) in [4.78, 5) is 2.49.